The fourth-order valence-corrected chi connectivity index (χ4v) is 2.63. The van der Waals surface area contributed by atoms with Gasteiger partial charge in [0, 0.05) is 11.6 Å². The van der Waals surface area contributed by atoms with E-state index < -0.39 is 12.1 Å². The van der Waals surface area contributed by atoms with E-state index in [1.165, 1.54) is 6.08 Å². The Morgan fingerprint density at radius 1 is 1.19 bits per heavy atom. The van der Waals surface area contributed by atoms with E-state index in [2.05, 4.69) is 9.97 Å². The molecule has 1 atom stereocenters. The van der Waals surface area contributed by atoms with Crippen molar-refractivity contribution >= 4 is 22.9 Å². The van der Waals surface area contributed by atoms with Crippen molar-refractivity contribution in [2.75, 3.05) is 6.61 Å². The average molecular weight is 364 g/mol. The van der Waals surface area contributed by atoms with Crippen LogP contribution < -0.4 is 10.3 Å². The smallest absolute Gasteiger partial charge is 0.331 e. The third-order valence-electron chi connectivity index (χ3n) is 3.93. The van der Waals surface area contributed by atoms with Crippen molar-refractivity contribution in [2.24, 2.45) is 0 Å². The van der Waals surface area contributed by atoms with Gasteiger partial charge >= 0.3 is 5.97 Å². The molecule has 2 aromatic carbocycles. The zero-order valence-electron chi connectivity index (χ0n) is 15.1. The predicted octanol–water partition coefficient (Wildman–Crippen LogP) is 3.64. The summed E-state index contributed by atoms with van der Waals surface area (Å²) in [7, 11) is 0. The second-order valence-electron chi connectivity index (χ2n) is 5.85. The van der Waals surface area contributed by atoms with Crippen molar-refractivity contribution in [3.05, 3.63) is 76.3 Å². The Balaban J connectivity index is 1.74. The SMILES string of the molecule is CCOc1ccccc1/C=C/C(=O)O[C@H](C)c1nc2ccccc2c(=O)[nH]1. The number of esters is 1. The second kappa shape index (κ2) is 8.31. The Kier molecular flexibility index (Phi) is 5.66. The van der Waals surface area contributed by atoms with Crippen molar-refractivity contribution in [2.45, 2.75) is 20.0 Å². The van der Waals surface area contributed by atoms with Crippen molar-refractivity contribution in [1.29, 1.82) is 0 Å². The van der Waals surface area contributed by atoms with Crippen LogP contribution >= 0.6 is 0 Å². The molecule has 1 heterocycles. The maximum Gasteiger partial charge on any atom is 0.331 e. The van der Waals surface area contributed by atoms with E-state index in [0.29, 0.717) is 29.1 Å². The van der Waals surface area contributed by atoms with E-state index in [0.717, 1.165) is 5.56 Å². The molecule has 1 aromatic heterocycles. The molecule has 0 unspecified atom stereocenters. The highest BCUT2D eigenvalue weighted by Gasteiger charge is 2.14. The molecular formula is C21H20N2O4. The molecule has 0 radical (unpaired) electrons. The van der Waals surface area contributed by atoms with E-state index in [9.17, 15) is 9.59 Å². The minimum atomic E-state index is -0.693. The van der Waals surface area contributed by atoms with Gasteiger partial charge in [-0.05, 0) is 38.1 Å². The topological polar surface area (TPSA) is 81.3 Å². The summed E-state index contributed by atoms with van der Waals surface area (Å²) in [6, 6.07) is 14.4. The fraction of sp³-hybridized carbons (Fsp3) is 0.190. The molecular weight excluding hydrogens is 344 g/mol. The van der Waals surface area contributed by atoms with Crippen LogP contribution in [0.25, 0.3) is 17.0 Å². The molecule has 138 valence electrons. The van der Waals surface area contributed by atoms with Gasteiger partial charge < -0.3 is 14.5 Å². The fourth-order valence-electron chi connectivity index (χ4n) is 2.63. The van der Waals surface area contributed by atoms with Gasteiger partial charge in [-0.15, -0.1) is 0 Å². The summed E-state index contributed by atoms with van der Waals surface area (Å²) < 4.78 is 10.9. The summed E-state index contributed by atoms with van der Waals surface area (Å²) in [4.78, 5) is 31.3. The lowest BCUT2D eigenvalue weighted by Crippen LogP contribution is -2.16. The Morgan fingerprint density at radius 2 is 1.93 bits per heavy atom. The molecule has 3 rings (SSSR count). The van der Waals surface area contributed by atoms with Crippen LogP contribution in [0.3, 0.4) is 0 Å². The molecule has 6 heteroatoms. The van der Waals surface area contributed by atoms with E-state index in [4.69, 9.17) is 9.47 Å². The van der Waals surface area contributed by atoms with Crippen molar-refractivity contribution in [3.63, 3.8) is 0 Å². The molecule has 0 bridgehead atoms. The first-order valence-corrected chi connectivity index (χ1v) is 8.68. The zero-order chi connectivity index (χ0) is 19.2. The number of nitrogens with one attached hydrogen (secondary N) is 1. The van der Waals surface area contributed by atoms with Crippen molar-refractivity contribution in [1.82, 2.24) is 9.97 Å². The number of carbonyl (C=O) groups excluding carboxylic acids is 1. The molecule has 0 aliphatic carbocycles. The summed E-state index contributed by atoms with van der Waals surface area (Å²) in [5.41, 5.74) is 1.07. The van der Waals surface area contributed by atoms with Crippen LogP contribution in [-0.2, 0) is 9.53 Å². The molecule has 3 aromatic rings. The number of hydrogen-bond acceptors (Lipinski definition) is 5. The summed E-state index contributed by atoms with van der Waals surface area (Å²) in [5.74, 6) is 0.456. The summed E-state index contributed by atoms with van der Waals surface area (Å²) >= 11 is 0. The van der Waals surface area contributed by atoms with Gasteiger partial charge in [0.2, 0.25) is 0 Å². The molecule has 0 aliphatic heterocycles. The Hall–Kier alpha value is -3.41. The first-order valence-electron chi connectivity index (χ1n) is 8.68. The maximum absolute atomic E-state index is 12.1. The maximum atomic E-state index is 12.1. The number of rotatable bonds is 6. The Morgan fingerprint density at radius 3 is 2.74 bits per heavy atom. The monoisotopic (exact) mass is 364 g/mol. The molecule has 0 fully saturated rings. The number of fused-ring (bicyclic) bond motifs is 1. The molecule has 6 nitrogen and oxygen atoms in total. The minimum Gasteiger partial charge on any atom is -0.493 e. The van der Waals surface area contributed by atoms with Gasteiger partial charge in [-0.2, -0.15) is 0 Å². The number of nitrogens with zero attached hydrogens (tertiary/aromatic N) is 1. The third kappa shape index (κ3) is 4.41. The number of para-hydroxylation sites is 2. The van der Waals surface area contributed by atoms with E-state index in [1.54, 1.807) is 37.3 Å². The lowest BCUT2D eigenvalue weighted by molar-refractivity contribution is -0.142. The van der Waals surface area contributed by atoms with Gasteiger partial charge in [-0.3, -0.25) is 4.79 Å². The van der Waals surface area contributed by atoms with E-state index >= 15 is 0 Å². The normalized spacial score (nSPS) is 12.2. The predicted molar refractivity (Wildman–Crippen MR) is 104 cm³/mol. The second-order valence-corrected chi connectivity index (χ2v) is 5.85. The minimum absolute atomic E-state index is 0.264. The van der Waals surface area contributed by atoms with Gasteiger partial charge in [-0.1, -0.05) is 30.3 Å². The molecule has 0 aliphatic rings. The first-order chi connectivity index (χ1) is 13.1. The van der Waals surface area contributed by atoms with Crippen LogP contribution in [0.15, 0.2) is 59.4 Å². The largest absolute Gasteiger partial charge is 0.493 e. The van der Waals surface area contributed by atoms with Crippen LogP contribution in [0.4, 0.5) is 0 Å². The summed E-state index contributed by atoms with van der Waals surface area (Å²) in [6.45, 7) is 4.09. The summed E-state index contributed by atoms with van der Waals surface area (Å²) in [6.07, 6.45) is 2.27. The van der Waals surface area contributed by atoms with Crippen LogP contribution in [0.2, 0.25) is 0 Å². The quantitative estimate of drug-likeness (QED) is 0.533. The lowest BCUT2D eigenvalue weighted by atomic mass is 10.2. The van der Waals surface area contributed by atoms with Gasteiger partial charge in [-0.25, -0.2) is 9.78 Å². The first kappa shape index (κ1) is 18.4. The number of aromatic nitrogens is 2. The molecule has 27 heavy (non-hydrogen) atoms. The van der Waals surface area contributed by atoms with Gasteiger partial charge in [0.25, 0.3) is 5.56 Å². The standard InChI is InChI=1S/C21H20N2O4/c1-3-26-18-11-7-4-8-15(18)12-13-19(24)27-14(2)20-22-17-10-6-5-9-16(17)21(25)23-20/h4-14H,3H2,1-2H3,(H,22,23,25)/b13-12+/t14-/m1/s1. The number of ether oxygens (including phenoxy) is 2. The molecule has 1 N–H and O–H groups in total. The summed E-state index contributed by atoms with van der Waals surface area (Å²) in [5, 5.41) is 0.493. The van der Waals surface area contributed by atoms with Gasteiger partial charge in [0.15, 0.2) is 11.9 Å². The van der Waals surface area contributed by atoms with Gasteiger partial charge in [0.05, 0.1) is 17.5 Å². The lowest BCUT2D eigenvalue weighted by Gasteiger charge is -2.11. The average Bonchev–Trinajstić information content (AvgIpc) is 2.67. The highest BCUT2D eigenvalue weighted by Crippen LogP contribution is 2.20. The van der Waals surface area contributed by atoms with Crippen LogP contribution in [0.1, 0.15) is 31.3 Å². The Bertz CT molecular complexity index is 1040. The molecule has 0 amide bonds. The zero-order valence-corrected chi connectivity index (χ0v) is 15.1. The number of H-pyrrole nitrogens is 1. The number of carbonyl (C=O) groups is 1. The highest BCUT2D eigenvalue weighted by atomic mass is 16.5. The third-order valence-corrected chi connectivity index (χ3v) is 3.93. The van der Waals surface area contributed by atoms with E-state index in [1.807, 2.05) is 31.2 Å². The number of benzene rings is 2. The molecule has 0 spiro atoms. The number of hydrogen-bond donors (Lipinski definition) is 1. The van der Waals surface area contributed by atoms with Gasteiger partial charge in [0.1, 0.15) is 5.75 Å². The van der Waals surface area contributed by atoms with Crippen LogP contribution in [0, 0.1) is 0 Å². The van der Waals surface area contributed by atoms with Crippen molar-refractivity contribution < 1.29 is 14.3 Å². The Labute approximate surface area is 156 Å². The van der Waals surface area contributed by atoms with Crippen molar-refractivity contribution in [3.8, 4) is 5.75 Å². The van der Waals surface area contributed by atoms with Crippen LogP contribution in [-0.4, -0.2) is 22.5 Å². The number of aromatic amines is 1. The van der Waals surface area contributed by atoms with Crippen LogP contribution in [0.5, 0.6) is 5.75 Å². The molecule has 0 saturated carbocycles. The van der Waals surface area contributed by atoms with E-state index in [-0.39, 0.29) is 5.56 Å². The molecule has 0 saturated heterocycles. The highest BCUT2D eigenvalue weighted by molar-refractivity contribution is 5.87.